The van der Waals surface area contributed by atoms with Crippen molar-refractivity contribution in [2.45, 2.75) is 71.9 Å². The van der Waals surface area contributed by atoms with Gasteiger partial charge in [0.25, 0.3) is 0 Å². The maximum Gasteiger partial charge on any atom is 0.119 e. The van der Waals surface area contributed by atoms with Gasteiger partial charge < -0.3 is 10.1 Å². The van der Waals surface area contributed by atoms with Gasteiger partial charge in [-0.15, -0.1) is 0 Å². The van der Waals surface area contributed by atoms with Crippen LogP contribution in [-0.2, 0) is 0 Å². The van der Waals surface area contributed by atoms with Gasteiger partial charge in [0.15, 0.2) is 0 Å². The van der Waals surface area contributed by atoms with Crippen LogP contribution in [0.2, 0.25) is 5.02 Å². The van der Waals surface area contributed by atoms with Crippen LogP contribution in [0.4, 0.5) is 0 Å². The van der Waals surface area contributed by atoms with Gasteiger partial charge in [-0.3, -0.25) is 0 Å². The van der Waals surface area contributed by atoms with Crippen LogP contribution in [0.1, 0.15) is 77.0 Å². The Morgan fingerprint density at radius 1 is 0.786 bits per heavy atom. The van der Waals surface area contributed by atoms with E-state index in [9.17, 15) is 0 Å². The molecule has 0 saturated heterocycles. The van der Waals surface area contributed by atoms with Gasteiger partial charge in [0.05, 0.1) is 6.10 Å². The van der Waals surface area contributed by atoms with E-state index in [4.69, 9.17) is 16.3 Å². The number of ether oxygens (including phenoxy) is 1. The van der Waals surface area contributed by atoms with E-state index in [0.717, 1.165) is 29.7 Å². The Morgan fingerprint density at radius 3 is 1.96 bits per heavy atom. The molecule has 0 aliphatic heterocycles. The Morgan fingerprint density at radius 2 is 1.39 bits per heavy atom. The third kappa shape index (κ3) is 7.85. The Labute approximate surface area is 176 Å². The highest BCUT2D eigenvalue weighted by atomic mass is 35.5. The van der Waals surface area contributed by atoms with E-state index in [0.29, 0.717) is 12.0 Å². The maximum atomic E-state index is 6.00. The van der Waals surface area contributed by atoms with E-state index in [1.807, 2.05) is 12.1 Å². The Kier molecular flexibility index (Phi) is 9.34. The van der Waals surface area contributed by atoms with Crippen LogP contribution in [-0.4, -0.2) is 12.6 Å². The zero-order valence-corrected chi connectivity index (χ0v) is 18.8. The van der Waals surface area contributed by atoms with Gasteiger partial charge in [0, 0.05) is 11.1 Å². The Hall–Kier alpha value is -1.51. The summed E-state index contributed by atoms with van der Waals surface area (Å²) >= 11 is 6.00. The molecule has 3 heteroatoms. The van der Waals surface area contributed by atoms with Crippen molar-refractivity contribution in [2.75, 3.05) is 6.54 Å². The van der Waals surface area contributed by atoms with Crippen molar-refractivity contribution in [3.05, 3.63) is 64.7 Å². The Balaban J connectivity index is 1.95. The minimum Gasteiger partial charge on any atom is -0.491 e. The topological polar surface area (TPSA) is 21.3 Å². The lowest BCUT2D eigenvalue weighted by Gasteiger charge is -2.21. The molecular formula is C25H36ClNO. The number of halogens is 1. The molecule has 28 heavy (non-hydrogen) atoms. The van der Waals surface area contributed by atoms with Gasteiger partial charge in [-0.1, -0.05) is 56.1 Å². The van der Waals surface area contributed by atoms with Crippen molar-refractivity contribution in [1.82, 2.24) is 5.32 Å². The monoisotopic (exact) mass is 401 g/mol. The smallest absolute Gasteiger partial charge is 0.119 e. The van der Waals surface area contributed by atoms with Crippen molar-refractivity contribution in [2.24, 2.45) is 5.92 Å². The maximum absolute atomic E-state index is 6.00. The highest BCUT2D eigenvalue weighted by molar-refractivity contribution is 6.30. The summed E-state index contributed by atoms with van der Waals surface area (Å²) in [5.74, 6) is 2.25. The van der Waals surface area contributed by atoms with Crippen molar-refractivity contribution >= 4 is 11.6 Å². The molecule has 0 aliphatic carbocycles. The summed E-state index contributed by atoms with van der Waals surface area (Å²) in [6, 6.07) is 17.2. The Bertz CT molecular complexity index is 679. The molecule has 1 N–H and O–H groups in total. The van der Waals surface area contributed by atoms with E-state index in [2.05, 4.69) is 76.3 Å². The molecule has 0 bridgehead atoms. The number of nitrogens with one attached hydrogen (secondary N) is 1. The second-order valence-electron chi connectivity index (χ2n) is 8.42. The second-order valence-corrected chi connectivity index (χ2v) is 8.86. The fourth-order valence-corrected chi connectivity index (χ4v) is 3.57. The normalized spacial score (nSPS) is 13.7. The van der Waals surface area contributed by atoms with Crippen molar-refractivity contribution < 1.29 is 4.74 Å². The number of hydrogen-bond acceptors (Lipinski definition) is 2. The van der Waals surface area contributed by atoms with Crippen LogP contribution >= 0.6 is 11.6 Å². The first-order valence-corrected chi connectivity index (χ1v) is 11.0. The van der Waals surface area contributed by atoms with E-state index in [1.165, 1.54) is 24.0 Å². The molecule has 0 fully saturated rings. The van der Waals surface area contributed by atoms with Crippen LogP contribution in [0.25, 0.3) is 0 Å². The molecule has 0 unspecified atom stereocenters. The highest BCUT2D eigenvalue weighted by Crippen LogP contribution is 2.28. The van der Waals surface area contributed by atoms with Crippen LogP contribution in [0.5, 0.6) is 5.75 Å². The number of rotatable bonds is 11. The molecule has 2 aromatic rings. The molecule has 154 valence electrons. The minimum atomic E-state index is 0.209. The lowest BCUT2D eigenvalue weighted by atomic mass is 9.88. The van der Waals surface area contributed by atoms with Crippen LogP contribution in [0.3, 0.4) is 0 Å². The summed E-state index contributed by atoms with van der Waals surface area (Å²) in [6.07, 6.45) is 3.82. The predicted molar refractivity (Wildman–Crippen MR) is 122 cm³/mol. The van der Waals surface area contributed by atoms with Crippen molar-refractivity contribution in [3.63, 3.8) is 0 Å². The van der Waals surface area contributed by atoms with Crippen LogP contribution in [0, 0.1) is 5.92 Å². The second kappa shape index (κ2) is 11.5. The highest BCUT2D eigenvalue weighted by Gasteiger charge is 2.14. The molecule has 2 aromatic carbocycles. The SMILES string of the molecule is CC(C)CC[C@H](CCN[C@H](C)c1ccc(Cl)cc1)c1ccc(OC(C)C)cc1. The molecule has 0 saturated carbocycles. The molecule has 0 spiro atoms. The van der Waals surface area contributed by atoms with Crippen LogP contribution in [0.15, 0.2) is 48.5 Å². The first-order valence-electron chi connectivity index (χ1n) is 10.6. The zero-order chi connectivity index (χ0) is 20.5. The molecule has 2 rings (SSSR count). The number of hydrogen-bond donors (Lipinski definition) is 1. The summed E-state index contributed by atoms with van der Waals surface area (Å²) < 4.78 is 5.80. The summed E-state index contributed by atoms with van der Waals surface area (Å²) in [5, 5.41) is 4.46. The molecule has 2 atom stereocenters. The van der Waals surface area contributed by atoms with E-state index in [1.54, 1.807) is 0 Å². The van der Waals surface area contributed by atoms with E-state index < -0.39 is 0 Å². The van der Waals surface area contributed by atoms with Gasteiger partial charge in [-0.2, -0.15) is 0 Å². The quantitative estimate of drug-likeness (QED) is 0.423. The van der Waals surface area contributed by atoms with Crippen LogP contribution < -0.4 is 10.1 Å². The van der Waals surface area contributed by atoms with Gasteiger partial charge in [-0.25, -0.2) is 0 Å². The molecule has 0 amide bonds. The molecule has 0 heterocycles. The van der Waals surface area contributed by atoms with E-state index >= 15 is 0 Å². The van der Waals surface area contributed by atoms with Gasteiger partial charge in [0.1, 0.15) is 5.75 Å². The first-order chi connectivity index (χ1) is 13.3. The zero-order valence-electron chi connectivity index (χ0n) is 18.0. The van der Waals surface area contributed by atoms with Crippen molar-refractivity contribution in [3.8, 4) is 5.75 Å². The summed E-state index contributed by atoms with van der Waals surface area (Å²) in [5.41, 5.74) is 2.69. The minimum absolute atomic E-state index is 0.209. The van der Waals surface area contributed by atoms with Gasteiger partial charge in [0.2, 0.25) is 0 Å². The largest absolute Gasteiger partial charge is 0.491 e. The fraction of sp³-hybridized carbons (Fsp3) is 0.520. The molecule has 0 radical (unpaired) electrons. The fourth-order valence-electron chi connectivity index (χ4n) is 3.45. The summed E-state index contributed by atoms with van der Waals surface area (Å²) in [4.78, 5) is 0. The van der Waals surface area contributed by atoms with E-state index in [-0.39, 0.29) is 6.10 Å². The van der Waals surface area contributed by atoms with Crippen molar-refractivity contribution in [1.29, 1.82) is 0 Å². The standard InChI is InChI=1S/C25H36ClNO/c1-18(2)6-7-23(22-10-14-25(15-11-22)28-19(3)4)16-17-27-20(5)21-8-12-24(26)13-9-21/h8-15,18-20,23,27H,6-7,16-17H2,1-5H3/t20-,23-/m1/s1. The van der Waals surface area contributed by atoms with Gasteiger partial charge in [-0.05, 0) is 87.4 Å². The lowest BCUT2D eigenvalue weighted by Crippen LogP contribution is -2.21. The lowest BCUT2D eigenvalue weighted by molar-refractivity contribution is 0.242. The average Bonchev–Trinajstić information content (AvgIpc) is 2.65. The third-order valence-electron chi connectivity index (χ3n) is 5.13. The molecule has 0 aliphatic rings. The molecular weight excluding hydrogens is 366 g/mol. The third-order valence-corrected chi connectivity index (χ3v) is 5.38. The number of benzene rings is 2. The average molecular weight is 402 g/mol. The summed E-state index contributed by atoms with van der Waals surface area (Å²) in [6.45, 7) is 11.9. The first kappa shape index (κ1) is 22.8. The van der Waals surface area contributed by atoms with Gasteiger partial charge >= 0.3 is 0 Å². The molecule has 0 aromatic heterocycles. The predicted octanol–water partition coefficient (Wildman–Crippen LogP) is 7.39. The molecule has 2 nitrogen and oxygen atoms in total. The summed E-state index contributed by atoms with van der Waals surface area (Å²) in [7, 11) is 0.